The molecule has 0 spiro atoms. The maximum Gasteiger partial charge on any atom is 0.255 e. The number of aromatic hydroxyl groups is 2. The highest BCUT2D eigenvalue weighted by Crippen LogP contribution is 2.22. The van der Waals surface area contributed by atoms with Gasteiger partial charge in [-0.05, 0) is 30.2 Å². The van der Waals surface area contributed by atoms with Crippen molar-refractivity contribution in [1.29, 1.82) is 0 Å². The standard InChI is InChI=1S/C16H16ClNO3/c17-10-12(8-11-4-2-1-3-5-11)18-16(21)14-9-13(19)6-7-15(14)20/h1-7,9,12,19-20H,8,10H2,(H,18,21). The highest BCUT2D eigenvalue weighted by atomic mass is 35.5. The van der Waals surface area contributed by atoms with E-state index in [4.69, 9.17) is 11.6 Å². The van der Waals surface area contributed by atoms with Crippen molar-refractivity contribution in [3.05, 3.63) is 59.7 Å². The summed E-state index contributed by atoms with van der Waals surface area (Å²) >= 11 is 5.89. The molecule has 0 fully saturated rings. The van der Waals surface area contributed by atoms with E-state index in [-0.39, 0.29) is 29.0 Å². The van der Waals surface area contributed by atoms with Gasteiger partial charge in [-0.1, -0.05) is 30.3 Å². The molecule has 0 bridgehead atoms. The number of phenolic OH excluding ortho intramolecular Hbond substituents is 2. The molecule has 2 aromatic rings. The number of rotatable bonds is 5. The molecule has 5 heteroatoms. The number of alkyl halides is 1. The first-order valence-corrected chi connectivity index (χ1v) is 7.06. The minimum absolute atomic E-state index is 0.0261. The Hall–Kier alpha value is -2.20. The molecule has 2 aromatic carbocycles. The maximum absolute atomic E-state index is 12.1. The summed E-state index contributed by atoms with van der Waals surface area (Å²) in [5.74, 6) is -0.480. The Morgan fingerprint density at radius 3 is 2.52 bits per heavy atom. The zero-order valence-electron chi connectivity index (χ0n) is 11.3. The predicted molar refractivity (Wildman–Crippen MR) is 81.9 cm³/mol. The van der Waals surface area contributed by atoms with Gasteiger partial charge in [-0.25, -0.2) is 0 Å². The van der Waals surface area contributed by atoms with Crippen LogP contribution < -0.4 is 5.32 Å². The molecule has 0 saturated heterocycles. The smallest absolute Gasteiger partial charge is 0.255 e. The van der Waals surface area contributed by atoms with Crippen molar-refractivity contribution < 1.29 is 15.0 Å². The van der Waals surface area contributed by atoms with Crippen molar-refractivity contribution >= 4 is 17.5 Å². The van der Waals surface area contributed by atoms with E-state index in [9.17, 15) is 15.0 Å². The lowest BCUT2D eigenvalue weighted by Gasteiger charge is -2.16. The number of amides is 1. The molecule has 1 amide bonds. The number of carbonyl (C=O) groups is 1. The first-order valence-electron chi connectivity index (χ1n) is 6.53. The fourth-order valence-electron chi connectivity index (χ4n) is 2.01. The van der Waals surface area contributed by atoms with Crippen molar-refractivity contribution in [2.24, 2.45) is 0 Å². The topological polar surface area (TPSA) is 69.6 Å². The molecule has 0 aliphatic rings. The van der Waals surface area contributed by atoms with E-state index in [1.807, 2.05) is 30.3 Å². The Morgan fingerprint density at radius 2 is 1.86 bits per heavy atom. The van der Waals surface area contributed by atoms with Gasteiger partial charge in [0.05, 0.1) is 5.56 Å². The monoisotopic (exact) mass is 305 g/mol. The molecular weight excluding hydrogens is 290 g/mol. The molecule has 2 rings (SSSR count). The molecule has 4 nitrogen and oxygen atoms in total. The van der Waals surface area contributed by atoms with Crippen LogP contribution in [0.3, 0.4) is 0 Å². The van der Waals surface area contributed by atoms with Gasteiger partial charge in [0.15, 0.2) is 0 Å². The number of phenols is 2. The summed E-state index contributed by atoms with van der Waals surface area (Å²) < 4.78 is 0. The molecule has 0 aliphatic carbocycles. The van der Waals surface area contributed by atoms with E-state index in [1.165, 1.54) is 18.2 Å². The van der Waals surface area contributed by atoms with Gasteiger partial charge in [0.2, 0.25) is 0 Å². The summed E-state index contributed by atoms with van der Waals surface area (Å²) in [6, 6.07) is 13.2. The first-order chi connectivity index (χ1) is 10.1. The van der Waals surface area contributed by atoms with E-state index in [0.717, 1.165) is 5.56 Å². The highest BCUT2D eigenvalue weighted by molar-refractivity contribution is 6.18. The van der Waals surface area contributed by atoms with Crippen molar-refractivity contribution in [2.75, 3.05) is 5.88 Å². The van der Waals surface area contributed by atoms with Gasteiger partial charge in [0, 0.05) is 11.9 Å². The summed E-state index contributed by atoms with van der Waals surface area (Å²) in [6.45, 7) is 0. The van der Waals surface area contributed by atoms with E-state index >= 15 is 0 Å². The van der Waals surface area contributed by atoms with Crippen molar-refractivity contribution in [1.82, 2.24) is 5.32 Å². The molecule has 110 valence electrons. The third kappa shape index (κ3) is 4.13. The quantitative estimate of drug-likeness (QED) is 0.587. The third-order valence-corrected chi connectivity index (χ3v) is 3.44. The normalized spacial score (nSPS) is 11.9. The van der Waals surface area contributed by atoms with Crippen molar-refractivity contribution in [3.8, 4) is 11.5 Å². The molecule has 0 aliphatic heterocycles. The Bertz CT molecular complexity index is 616. The Kier molecular flexibility index (Phi) is 5.06. The zero-order chi connectivity index (χ0) is 15.2. The average molecular weight is 306 g/mol. The largest absolute Gasteiger partial charge is 0.508 e. The van der Waals surface area contributed by atoms with E-state index in [0.29, 0.717) is 6.42 Å². The molecule has 1 atom stereocenters. The summed E-state index contributed by atoms with van der Waals surface area (Å²) in [7, 11) is 0. The molecule has 0 saturated carbocycles. The minimum Gasteiger partial charge on any atom is -0.508 e. The lowest BCUT2D eigenvalue weighted by atomic mass is 10.1. The van der Waals surface area contributed by atoms with Crippen LogP contribution in [0.1, 0.15) is 15.9 Å². The van der Waals surface area contributed by atoms with Crippen molar-refractivity contribution in [2.45, 2.75) is 12.5 Å². The fourth-order valence-corrected chi connectivity index (χ4v) is 2.20. The zero-order valence-corrected chi connectivity index (χ0v) is 12.0. The van der Waals surface area contributed by atoms with Crippen LogP contribution in [0.25, 0.3) is 0 Å². The number of benzene rings is 2. The second kappa shape index (κ2) is 6.99. The summed E-state index contributed by atoms with van der Waals surface area (Å²) in [6.07, 6.45) is 0.593. The van der Waals surface area contributed by atoms with Crippen LogP contribution in [0, 0.1) is 0 Å². The van der Waals surface area contributed by atoms with Crippen LogP contribution in [0.4, 0.5) is 0 Å². The average Bonchev–Trinajstić information content (AvgIpc) is 2.50. The fraction of sp³-hybridized carbons (Fsp3) is 0.188. The Morgan fingerprint density at radius 1 is 1.14 bits per heavy atom. The van der Waals surface area contributed by atoms with Crippen LogP contribution in [-0.4, -0.2) is 28.0 Å². The molecular formula is C16H16ClNO3. The number of nitrogens with one attached hydrogen (secondary N) is 1. The third-order valence-electron chi connectivity index (χ3n) is 3.07. The lowest BCUT2D eigenvalue weighted by molar-refractivity contribution is 0.0937. The molecule has 3 N–H and O–H groups in total. The number of carbonyl (C=O) groups excluding carboxylic acids is 1. The second-order valence-electron chi connectivity index (χ2n) is 4.72. The van der Waals surface area contributed by atoms with Gasteiger partial charge in [-0.3, -0.25) is 4.79 Å². The van der Waals surface area contributed by atoms with Crippen LogP contribution in [0.5, 0.6) is 11.5 Å². The Labute approximate surface area is 128 Å². The molecule has 21 heavy (non-hydrogen) atoms. The number of hydrogen-bond donors (Lipinski definition) is 3. The second-order valence-corrected chi connectivity index (χ2v) is 5.02. The van der Waals surface area contributed by atoms with Gasteiger partial charge >= 0.3 is 0 Å². The van der Waals surface area contributed by atoms with Crippen LogP contribution in [-0.2, 0) is 6.42 Å². The van der Waals surface area contributed by atoms with Gasteiger partial charge in [0.1, 0.15) is 11.5 Å². The van der Waals surface area contributed by atoms with Crippen LogP contribution >= 0.6 is 11.6 Å². The van der Waals surface area contributed by atoms with Gasteiger partial charge in [0.25, 0.3) is 5.91 Å². The first kappa shape index (κ1) is 15.2. The molecule has 0 aromatic heterocycles. The Balaban J connectivity index is 2.07. The molecule has 0 heterocycles. The highest BCUT2D eigenvalue weighted by Gasteiger charge is 2.16. The van der Waals surface area contributed by atoms with Crippen LogP contribution in [0.2, 0.25) is 0 Å². The van der Waals surface area contributed by atoms with E-state index in [2.05, 4.69) is 5.32 Å². The van der Waals surface area contributed by atoms with Gasteiger partial charge in [-0.2, -0.15) is 0 Å². The summed E-state index contributed by atoms with van der Waals surface area (Å²) in [5, 5.41) is 21.8. The molecule has 0 radical (unpaired) electrons. The minimum atomic E-state index is -0.468. The van der Waals surface area contributed by atoms with E-state index in [1.54, 1.807) is 0 Å². The van der Waals surface area contributed by atoms with Gasteiger partial charge in [-0.15, -0.1) is 11.6 Å². The summed E-state index contributed by atoms with van der Waals surface area (Å²) in [5.41, 5.74) is 1.08. The van der Waals surface area contributed by atoms with Crippen molar-refractivity contribution in [3.63, 3.8) is 0 Å². The maximum atomic E-state index is 12.1. The number of hydrogen-bond acceptors (Lipinski definition) is 3. The molecule has 1 unspecified atom stereocenters. The SMILES string of the molecule is O=C(NC(CCl)Cc1ccccc1)c1cc(O)ccc1O. The van der Waals surface area contributed by atoms with E-state index < -0.39 is 5.91 Å². The number of halogens is 1. The predicted octanol–water partition coefficient (Wildman–Crippen LogP) is 2.68. The van der Waals surface area contributed by atoms with Gasteiger partial charge < -0.3 is 15.5 Å². The lowest BCUT2D eigenvalue weighted by Crippen LogP contribution is -2.37. The van der Waals surface area contributed by atoms with Crippen LogP contribution in [0.15, 0.2) is 48.5 Å². The summed E-state index contributed by atoms with van der Waals surface area (Å²) in [4.78, 5) is 12.1.